The zero-order valence-electron chi connectivity index (χ0n) is 5.64. The number of fused-ring (bicyclic) bond motifs is 1. The van der Waals surface area contributed by atoms with Gasteiger partial charge >= 0.3 is 0 Å². The summed E-state index contributed by atoms with van der Waals surface area (Å²) in [5.74, 6) is 0. The van der Waals surface area contributed by atoms with Gasteiger partial charge in [-0.15, -0.1) is 0 Å². The molecule has 1 aromatic carbocycles. The van der Waals surface area contributed by atoms with E-state index in [0.717, 1.165) is 17.1 Å². The van der Waals surface area contributed by atoms with Crippen LogP contribution in [-0.2, 0) is 0 Å². The van der Waals surface area contributed by atoms with Crippen LogP contribution in [0.15, 0.2) is 17.1 Å². The molecule has 0 atom stereocenters. The summed E-state index contributed by atoms with van der Waals surface area (Å²) in [6, 6.07) is 3.65. The summed E-state index contributed by atoms with van der Waals surface area (Å²) >= 11 is 11.7. The zero-order chi connectivity index (χ0) is 7.84. The lowest BCUT2D eigenvalue weighted by Gasteiger charge is -1.92. The van der Waals surface area contributed by atoms with Crippen molar-refractivity contribution in [3.05, 3.63) is 32.8 Å². The summed E-state index contributed by atoms with van der Waals surface area (Å²) in [5, 5.41) is 3.13. The van der Waals surface area contributed by atoms with Crippen LogP contribution in [0.5, 0.6) is 0 Å². The van der Waals surface area contributed by atoms with Gasteiger partial charge in [-0.1, -0.05) is 29.3 Å². The van der Waals surface area contributed by atoms with E-state index in [2.05, 4.69) is 4.99 Å². The Kier molecular flexibility index (Phi) is 1.63. The van der Waals surface area contributed by atoms with Crippen LogP contribution in [0.25, 0.3) is 6.08 Å². The minimum atomic E-state index is 0.596. The van der Waals surface area contributed by atoms with Crippen molar-refractivity contribution in [3.63, 3.8) is 0 Å². The molecule has 1 heterocycles. The highest BCUT2D eigenvalue weighted by Gasteiger charge is 2.02. The van der Waals surface area contributed by atoms with Gasteiger partial charge in [0, 0.05) is 5.22 Å². The standard InChI is InChI=1S/C8H5Cl2N/c9-6-1-2-7-5(8(6)10)3-4-11-7/h1-3H,4H2. The summed E-state index contributed by atoms with van der Waals surface area (Å²) < 4.78 is 0. The predicted molar refractivity (Wildman–Crippen MR) is 46.6 cm³/mol. The fourth-order valence-corrected chi connectivity index (χ4v) is 1.53. The third-order valence-electron chi connectivity index (χ3n) is 1.67. The van der Waals surface area contributed by atoms with Crippen molar-refractivity contribution in [3.8, 4) is 0 Å². The Morgan fingerprint density at radius 3 is 2.91 bits per heavy atom. The van der Waals surface area contributed by atoms with Gasteiger partial charge in [-0.25, -0.2) is 0 Å². The van der Waals surface area contributed by atoms with Crippen LogP contribution in [0.1, 0.15) is 0 Å². The molecule has 0 aromatic heterocycles. The zero-order valence-corrected chi connectivity index (χ0v) is 7.15. The van der Waals surface area contributed by atoms with Gasteiger partial charge in [0.25, 0.3) is 0 Å². The molecule has 1 aliphatic heterocycles. The van der Waals surface area contributed by atoms with Gasteiger partial charge in [0.05, 0.1) is 21.9 Å². The third kappa shape index (κ3) is 1.05. The molecule has 0 N–H and O–H groups in total. The molecule has 0 aliphatic carbocycles. The van der Waals surface area contributed by atoms with E-state index >= 15 is 0 Å². The third-order valence-corrected chi connectivity index (χ3v) is 2.49. The van der Waals surface area contributed by atoms with Crippen molar-refractivity contribution in [2.75, 3.05) is 6.54 Å². The normalized spacial score (nSPS) is 13.6. The molecule has 0 fully saturated rings. The van der Waals surface area contributed by atoms with Crippen molar-refractivity contribution >= 4 is 29.3 Å². The lowest BCUT2D eigenvalue weighted by molar-refractivity contribution is 1.22. The Hall–Kier alpha value is -0.530. The number of rotatable bonds is 0. The maximum absolute atomic E-state index is 5.92. The second kappa shape index (κ2) is 2.50. The lowest BCUT2D eigenvalue weighted by Crippen LogP contribution is -2.22. The Bertz CT molecular complexity index is 409. The van der Waals surface area contributed by atoms with Crippen LogP contribution < -0.4 is 10.6 Å². The Morgan fingerprint density at radius 1 is 1.27 bits per heavy atom. The molecule has 0 saturated carbocycles. The molecule has 11 heavy (non-hydrogen) atoms. The fraction of sp³-hybridized carbons (Fsp3) is 0.125. The van der Waals surface area contributed by atoms with Crippen LogP contribution >= 0.6 is 23.2 Å². The van der Waals surface area contributed by atoms with E-state index in [1.54, 1.807) is 6.07 Å². The predicted octanol–water partition coefficient (Wildman–Crippen LogP) is 1.41. The van der Waals surface area contributed by atoms with Gasteiger partial charge in [0.2, 0.25) is 0 Å². The van der Waals surface area contributed by atoms with Crippen LogP contribution in [0.4, 0.5) is 0 Å². The first-order valence-corrected chi connectivity index (χ1v) is 4.03. The largest absolute Gasteiger partial charge is 0.281 e. The second-order valence-corrected chi connectivity index (χ2v) is 3.12. The van der Waals surface area contributed by atoms with E-state index in [0.29, 0.717) is 10.0 Å². The average Bonchev–Trinajstić information content (AvgIpc) is 2.45. The quantitative estimate of drug-likeness (QED) is 0.580. The number of hydrogen-bond donors (Lipinski definition) is 0. The number of halogens is 2. The second-order valence-electron chi connectivity index (χ2n) is 2.34. The monoisotopic (exact) mass is 185 g/mol. The first-order chi connectivity index (χ1) is 5.29. The summed E-state index contributed by atoms with van der Waals surface area (Å²) in [5.41, 5.74) is 0. The molecule has 0 amide bonds. The summed E-state index contributed by atoms with van der Waals surface area (Å²) in [7, 11) is 0. The highest BCUT2D eigenvalue weighted by molar-refractivity contribution is 6.42. The van der Waals surface area contributed by atoms with E-state index in [9.17, 15) is 0 Å². The minimum absolute atomic E-state index is 0.596. The summed E-state index contributed by atoms with van der Waals surface area (Å²) in [6.45, 7) is 0.718. The van der Waals surface area contributed by atoms with Crippen molar-refractivity contribution in [1.29, 1.82) is 0 Å². The van der Waals surface area contributed by atoms with Crippen LogP contribution in [0.2, 0.25) is 10.0 Å². The minimum Gasteiger partial charge on any atom is -0.281 e. The molecule has 1 nitrogen and oxygen atoms in total. The topological polar surface area (TPSA) is 12.4 Å². The molecule has 0 bridgehead atoms. The van der Waals surface area contributed by atoms with Crippen molar-refractivity contribution in [1.82, 2.24) is 0 Å². The lowest BCUT2D eigenvalue weighted by atomic mass is 10.3. The molecule has 3 heteroatoms. The fourth-order valence-electron chi connectivity index (χ4n) is 1.12. The van der Waals surface area contributed by atoms with Crippen LogP contribution in [0.3, 0.4) is 0 Å². The molecule has 56 valence electrons. The van der Waals surface area contributed by atoms with E-state index in [1.165, 1.54) is 0 Å². The molecular weight excluding hydrogens is 181 g/mol. The molecule has 0 unspecified atom stereocenters. The van der Waals surface area contributed by atoms with Crippen molar-refractivity contribution < 1.29 is 0 Å². The molecule has 0 saturated heterocycles. The highest BCUT2D eigenvalue weighted by atomic mass is 35.5. The van der Waals surface area contributed by atoms with E-state index < -0.39 is 0 Å². The molecule has 0 spiro atoms. The maximum Gasteiger partial charge on any atom is 0.0683 e. The van der Waals surface area contributed by atoms with Crippen molar-refractivity contribution in [2.45, 2.75) is 0 Å². The highest BCUT2D eigenvalue weighted by Crippen LogP contribution is 2.15. The van der Waals surface area contributed by atoms with Gasteiger partial charge in [0.1, 0.15) is 0 Å². The average molecular weight is 186 g/mol. The first kappa shape index (κ1) is 7.14. The van der Waals surface area contributed by atoms with Gasteiger partial charge in [-0.2, -0.15) is 0 Å². The Labute approximate surface area is 74.0 Å². The number of hydrogen-bond acceptors (Lipinski definition) is 1. The smallest absolute Gasteiger partial charge is 0.0683 e. The summed E-state index contributed by atoms with van der Waals surface area (Å²) in [4.78, 5) is 4.20. The van der Waals surface area contributed by atoms with Gasteiger partial charge in [0.15, 0.2) is 0 Å². The van der Waals surface area contributed by atoms with Gasteiger partial charge < -0.3 is 0 Å². The van der Waals surface area contributed by atoms with Gasteiger partial charge in [-0.05, 0) is 12.1 Å². The summed E-state index contributed by atoms with van der Waals surface area (Å²) in [6.07, 6.45) is 1.98. The number of nitrogens with zero attached hydrogens (tertiary/aromatic N) is 1. The number of benzene rings is 1. The first-order valence-electron chi connectivity index (χ1n) is 3.28. The SMILES string of the molecule is Clc1ccc2c(c1Cl)=CCN=2. The molecular formula is C8H5Cl2N. The molecule has 0 radical (unpaired) electrons. The van der Waals surface area contributed by atoms with Crippen molar-refractivity contribution in [2.24, 2.45) is 4.99 Å². The van der Waals surface area contributed by atoms with E-state index in [1.807, 2.05) is 12.1 Å². The molecule has 1 aromatic rings. The Morgan fingerprint density at radius 2 is 2.09 bits per heavy atom. The van der Waals surface area contributed by atoms with Crippen LogP contribution in [0, 0.1) is 0 Å². The van der Waals surface area contributed by atoms with Crippen LogP contribution in [-0.4, -0.2) is 6.54 Å². The Balaban J connectivity index is 2.95. The van der Waals surface area contributed by atoms with Gasteiger partial charge in [-0.3, -0.25) is 4.99 Å². The molecule has 1 aliphatic rings. The van der Waals surface area contributed by atoms with E-state index in [4.69, 9.17) is 23.2 Å². The van der Waals surface area contributed by atoms with E-state index in [-0.39, 0.29) is 0 Å². The maximum atomic E-state index is 5.92. The molecule has 2 rings (SSSR count).